The molecule has 1 saturated heterocycles. The summed E-state index contributed by atoms with van der Waals surface area (Å²) in [7, 11) is 0. The highest BCUT2D eigenvalue weighted by Crippen LogP contribution is 2.43. The first-order valence-electron chi connectivity index (χ1n) is 7.08. The van der Waals surface area contributed by atoms with E-state index < -0.39 is 5.41 Å². The molecule has 1 aliphatic rings. The molecule has 2 unspecified atom stereocenters. The average Bonchev–Trinajstić information content (AvgIpc) is 2.92. The van der Waals surface area contributed by atoms with Gasteiger partial charge in [0.15, 0.2) is 0 Å². The molecule has 0 radical (unpaired) electrons. The van der Waals surface area contributed by atoms with Gasteiger partial charge < -0.3 is 10.6 Å². The van der Waals surface area contributed by atoms with Crippen molar-refractivity contribution in [1.29, 1.82) is 5.26 Å². The molecule has 1 amide bonds. The van der Waals surface area contributed by atoms with E-state index in [9.17, 15) is 14.4 Å². The molecule has 0 saturated carbocycles. The Labute approximate surface area is 124 Å². The summed E-state index contributed by atoms with van der Waals surface area (Å²) >= 11 is 0. The van der Waals surface area contributed by atoms with Crippen molar-refractivity contribution in [2.24, 2.45) is 11.1 Å². The Bertz CT molecular complexity index is 579. The summed E-state index contributed by atoms with van der Waals surface area (Å²) in [6.07, 6.45) is 1.43. The molecule has 1 aromatic carbocycles. The second kappa shape index (κ2) is 5.82. The van der Waals surface area contributed by atoms with Crippen LogP contribution in [0.4, 0.5) is 4.39 Å². The first-order valence-corrected chi connectivity index (χ1v) is 7.08. The van der Waals surface area contributed by atoms with E-state index in [1.54, 1.807) is 11.0 Å². The van der Waals surface area contributed by atoms with Crippen molar-refractivity contribution < 1.29 is 9.18 Å². The molecule has 1 aromatic rings. The molecule has 1 aliphatic heterocycles. The third-order valence-electron chi connectivity index (χ3n) is 4.20. The van der Waals surface area contributed by atoms with Crippen LogP contribution in [0.2, 0.25) is 0 Å². The van der Waals surface area contributed by atoms with E-state index >= 15 is 0 Å². The maximum Gasteiger partial charge on any atom is 0.237 e. The van der Waals surface area contributed by atoms with E-state index in [1.165, 1.54) is 12.1 Å². The molecule has 1 fully saturated rings. The van der Waals surface area contributed by atoms with Crippen molar-refractivity contribution in [1.82, 2.24) is 4.90 Å². The summed E-state index contributed by atoms with van der Waals surface area (Å²) in [6.45, 7) is 3.54. The van der Waals surface area contributed by atoms with Crippen molar-refractivity contribution in [3.63, 3.8) is 0 Å². The van der Waals surface area contributed by atoms with Crippen LogP contribution >= 0.6 is 0 Å². The number of benzene rings is 1. The molecular weight excluding hydrogens is 269 g/mol. The Kier molecular flexibility index (Phi) is 4.29. The highest BCUT2D eigenvalue weighted by Gasteiger charge is 2.45. The van der Waals surface area contributed by atoms with Crippen LogP contribution in [0.15, 0.2) is 24.3 Å². The lowest BCUT2D eigenvalue weighted by Gasteiger charge is -2.36. The van der Waals surface area contributed by atoms with Crippen LogP contribution in [0.25, 0.3) is 0 Å². The molecule has 2 atom stereocenters. The van der Waals surface area contributed by atoms with Crippen molar-refractivity contribution >= 4 is 5.91 Å². The largest absolute Gasteiger partial charge is 0.330 e. The van der Waals surface area contributed by atoms with Gasteiger partial charge in [0.25, 0.3) is 0 Å². The van der Waals surface area contributed by atoms with Crippen LogP contribution in [-0.4, -0.2) is 23.4 Å². The van der Waals surface area contributed by atoms with E-state index in [-0.39, 0.29) is 30.4 Å². The lowest BCUT2D eigenvalue weighted by Crippen LogP contribution is -2.47. The summed E-state index contributed by atoms with van der Waals surface area (Å²) < 4.78 is 13.4. The number of hydrogen-bond acceptors (Lipinski definition) is 3. The van der Waals surface area contributed by atoms with Crippen molar-refractivity contribution in [2.45, 2.75) is 38.8 Å². The highest BCUT2D eigenvalue weighted by atomic mass is 19.1. The van der Waals surface area contributed by atoms with Gasteiger partial charge in [0.05, 0.1) is 30.1 Å². The summed E-state index contributed by atoms with van der Waals surface area (Å²) in [5, 5.41) is 9.35. The maximum absolute atomic E-state index is 13.4. The second-order valence-corrected chi connectivity index (χ2v) is 6.00. The molecular formula is C16H20FN3O. The molecule has 1 heterocycles. The zero-order valence-corrected chi connectivity index (χ0v) is 12.3. The number of likely N-dealkylation sites (tertiary alicyclic amines) is 1. The van der Waals surface area contributed by atoms with Crippen LogP contribution in [0.5, 0.6) is 0 Å². The first-order chi connectivity index (χ1) is 9.90. The van der Waals surface area contributed by atoms with Crippen molar-refractivity contribution in [3.05, 3.63) is 35.6 Å². The van der Waals surface area contributed by atoms with Crippen LogP contribution in [0.3, 0.4) is 0 Å². The summed E-state index contributed by atoms with van der Waals surface area (Å²) in [4.78, 5) is 13.9. The van der Waals surface area contributed by atoms with Crippen LogP contribution in [0, 0.1) is 22.6 Å². The average molecular weight is 289 g/mol. The SMILES string of the molecule is CC(C)(C#N)C1CCC(c2cccc(F)c2)N1C(=O)CN. The number of hydrogen-bond donors (Lipinski definition) is 1. The monoisotopic (exact) mass is 289 g/mol. The molecule has 0 spiro atoms. The Balaban J connectivity index is 2.39. The summed E-state index contributed by atoms with van der Waals surface area (Å²) in [6, 6.07) is 8.13. The third kappa shape index (κ3) is 2.91. The van der Waals surface area contributed by atoms with Gasteiger partial charge >= 0.3 is 0 Å². The lowest BCUT2D eigenvalue weighted by molar-refractivity contribution is -0.134. The van der Waals surface area contributed by atoms with Gasteiger partial charge in [-0.3, -0.25) is 4.79 Å². The molecule has 0 bridgehead atoms. The van der Waals surface area contributed by atoms with Gasteiger partial charge in [-0.25, -0.2) is 4.39 Å². The second-order valence-electron chi connectivity index (χ2n) is 6.00. The van der Waals surface area contributed by atoms with E-state index in [4.69, 9.17) is 5.73 Å². The van der Waals surface area contributed by atoms with Crippen molar-refractivity contribution in [3.8, 4) is 6.07 Å². The number of halogens is 1. The molecule has 0 aromatic heterocycles. The maximum atomic E-state index is 13.4. The fourth-order valence-electron chi connectivity index (χ4n) is 3.09. The minimum absolute atomic E-state index is 0.107. The number of nitrogens with two attached hydrogens (primary N) is 1. The minimum Gasteiger partial charge on any atom is -0.330 e. The summed E-state index contributed by atoms with van der Waals surface area (Å²) in [5.41, 5.74) is 5.62. The van der Waals surface area contributed by atoms with E-state index in [0.717, 1.165) is 5.56 Å². The highest BCUT2D eigenvalue weighted by molar-refractivity contribution is 5.79. The van der Waals surface area contributed by atoms with Crippen molar-refractivity contribution in [2.75, 3.05) is 6.54 Å². The Morgan fingerprint density at radius 2 is 2.24 bits per heavy atom. The Hall–Kier alpha value is -1.93. The fourth-order valence-corrected chi connectivity index (χ4v) is 3.09. The van der Waals surface area contributed by atoms with Gasteiger partial charge in [-0.2, -0.15) is 5.26 Å². The van der Waals surface area contributed by atoms with Gasteiger partial charge in [0, 0.05) is 0 Å². The fraction of sp³-hybridized carbons (Fsp3) is 0.500. The zero-order valence-electron chi connectivity index (χ0n) is 12.3. The molecule has 5 heteroatoms. The van der Waals surface area contributed by atoms with Crippen LogP contribution in [0.1, 0.15) is 38.3 Å². The number of rotatable bonds is 3. The molecule has 21 heavy (non-hydrogen) atoms. The molecule has 112 valence electrons. The molecule has 2 N–H and O–H groups in total. The molecule has 4 nitrogen and oxygen atoms in total. The van der Waals surface area contributed by atoms with E-state index in [0.29, 0.717) is 12.8 Å². The topological polar surface area (TPSA) is 70.1 Å². The van der Waals surface area contributed by atoms with E-state index in [1.807, 2.05) is 19.9 Å². The number of carbonyl (C=O) groups excluding carboxylic acids is 1. The predicted molar refractivity (Wildman–Crippen MR) is 77.5 cm³/mol. The van der Waals surface area contributed by atoms with Gasteiger partial charge in [-0.1, -0.05) is 12.1 Å². The van der Waals surface area contributed by atoms with Gasteiger partial charge in [-0.05, 0) is 44.4 Å². The van der Waals surface area contributed by atoms with Crippen LogP contribution < -0.4 is 5.73 Å². The first kappa shape index (κ1) is 15.5. The molecule has 0 aliphatic carbocycles. The lowest BCUT2D eigenvalue weighted by atomic mass is 9.84. The Morgan fingerprint density at radius 1 is 1.52 bits per heavy atom. The van der Waals surface area contributed by atoms with E-state index in [2.05, 4.69) is 6.07 Å². The smallest absolute Gasteiger partial charge is 0.237 e. The van der Waals surface area contributed by atoms with Crippen LogP contribution in [-0.2, 0) is 4.79 Å². The number of nitrogens with zero attached hydrogens (tertiary/aromatic N) is 2. The summed E-state index contributed by atoms with van der Waals surface area (Å²) in [5.74, 6) is -0.522. The number of amides is 1. The zero-order chi connectivity index (χ0) is 15.6. The Morgan fingerprint density at radius 3 is 2.81 bits per heavy atom. The predicted octanol–water partition coefficient (Wildman–Crippen LogP) is 2.37. The normalized spacial score (nSPS) is 22.1. The molecule has 2 rings (SSSR count). The number of nitriles is 1. The quantitative estimate of drug-likeness (QED) is 0.928. The van der Waals surface area contributed by atoms with Gasteiger partial charge in [-0.15, -0.1) is 0 Å². The standard InChI is InChI=1S/C16H20FN3O/c1-16(2,10-19)14-7-6-13(20(14)15(21)9-18)11-4-3-5-12(17)8-11/h3-5,8,13-14H,6-7,9,18H2,1-2H3. The minimum atomic E-state index is -0.660. The van der Waals surface area contributed by atoms with Gasteiger partial charge in [0.1, 0.15) is 5.82 Å². The third-order valence-corrected chi connectivity index (χ3v) is 4.20. The number of carbonyl (C=O) groups is 1. The van der Waals surface area contributed by atoms with Gasteiger partial charge in [0.2, 0.25) is 5.91 Å².